The molecule has 3 atom stereocenters. The average Bonchev–Trinajstić information content (AvgIpc) is 3.25. The summed E-state index contributed by atoms with van der Waals surface area (Å²) in [5, 5.41) is 4.96. The van der Waals surface area contributed by atoms with Gasteiger partial charge in [-0.15, -0.1) is 0 Å². The predicted octanol–water partition coefficient (Wildman–Crippen LogP) is 6.21. The van der Waals surface area contributed by atoms with E-state index in [1.165, 1.54) is 0 Å². The van der Waals surface area contributed by atoms with Gasteiger partial charge in [-0.25, -0.2) is 0 Å². The van der Waals surface area contributed by atoms with E-state index in [0.717, 1.165) is 22.5 Å². The van der Waals surface area contributed by atoms with Gasteiger partial charge in [0.05, 0.1) is 18.7 Å². The Morgan fingerprint density at radius 2 is 1.50 bits per heavy atom. The molecule has 1 heterocycles. The van der Waals surface area contributed by atoms with Crippen molar-refractivity contribution in [3.63, 3.8) is 0 Å². The molecule has 32 heavy (non-hydrogen) atoms. The molecule has 5 nitrogen and oxygen atoms in total. The van der Waals surface area contributed by atoms with Crippen molar-refractivity contribution in [3.8, 4) is 11.5 Å². The molecule has 0 fully saturated rings. The number of nitrogens with one attached hydrogen (secondary N) is 1. The van der Waals surface area contributed by atoms with Crippen molar-refractivity contribution in [1.29, 1.82) is 0 Å². The highest BCUT2D eigenvalue weighted by Crippen LogP contribution is 2.39. The van der Waals surface area contributed by atoms with Gasteiger partial charge < -0.3 is 19.5 Å². The smallest absolute Gasteiger partial charge is 0.196 e. The molecule has 0 aromatic heterocycles. The highest BCUT2D eigenvalue weighted by molar-refractivity contribution is 6.30. The van der Waals surface area contributed by atoms with E-state index in [9.17, 15) is 0 Å². The normalized spacial score (nSPS) is 18.6. The molecule has 0 amide bonds. The zero-order chi connectivity index (χ0) is 22.7. The number of hydrogen-bond donors (Lipinski definition) is 1. The van der Waals surface area contributed by atoms with Gasteiger partial charge in [-0.05, 0) is 54.4 Å². The molecule has 7 heteroatoms. The average molecular weight is 471 g/mol. The first kappa shape index (κ1) is 22.5. The molecule has 1 aliphatic heterocycles. The summed E-state index contributed by atoms with van der Waals surface area (Å²) in [6, 6.07) is 21.0. The van der Waals surface area contributed by atoms with Gasteiger partial charge in [-0.1, -0.05) is 47.5 Å². The molecule has 3 aromatic rings. The van der Waals surface area contributed by atoms with Crippen molar-refractivity contribution in [2.45, 2.75) is 25.3 Å². The van der Waals surface area contributed by atoms with Crippen LogP contribution < -0.4 is 14.8 Å². The minimum atomic E-state index is -0.429. The first-order valence-electron chi connectivity index (χ1n) is 10.2. The van der Waals surface area contributed by atoms with Crippen LogP contribution in [0.15, 0.2) is 71.7 Å². The van der Waals surface area contributed by atoms with Crippen molar-refractivity contribution in [3.05, 3.63) is 93.5 Å². The van der Waals surface area contributed by atoms with E-state index < -0.39 is 6.29 Å². The summed E-state index contributed by atoms with van der Waals surface area (Å²) >= 11 is 12.2. The van der Waals surface area contributed by atoms with Crippen LogP contribution in [0.3, 0.4) is 0 Å². The number of amidine groups is 1. The van der Waals surface area contributed by atoms with Gasteiger partial charge in [0.2, 0.25) is 0 Å². The predicted molar refractivity (Wildman–Crippen MR) is 128 cm³/mol. The molecule has 1 unspecified atom stereocenters. The van der Waals surface area contributed by atoms with Crippen LogP contribution in [-0.4, -0.2) is 26.3 Å². The summed E-state index contributed by atoms with van der Waals surface area (Å²) in [6.45, 7) is 1.83. The summed E-state index contributed by atoms with van der Waals surface area (Å²) in [4.78, 5) is 5.06. The number of halogens is 2. The maximum absolute atomic E-state index is 6.12. The fraction of sp³-hybridized carbons (Fsp3) is 0.240. The number of aliphatic imine (C=N–C) groups is 1. The SMILES string of the molecule is COc1ccc(C2=N[C@@H](c3ccc(Cl)cc3)[C@@H](c3ccc(Cl)cc3)N2)c(OC(C)OC)c1. The van der Waals surface area contributed by atoms with E-state index >= 15 is 0 Å². The van der Waals surface area contributed by atoms with Gasteiger partial charge >= 0.3 is 0 Å². The molecule has 1 N–H and O–H groups in total. The van der Waals surface area contributed by atoms with Gasteiger partial charge in [-0.2, -0.15) is 0 Å². The maximum atomic E-state index is 6.12. The molecule has 1 aliphatic rings. The Hall–Kier alpha value is -2.73. The van der Waals surface area contributed by atoms with E-state index in [1.807, 2.05) is 73.7 Å². The van der Waals surface area contributed by atoms with Crippen LogP contribution in [0.4, 0.5) is 0 Å². The molecule has 3 aromatic carbocycles. The quantitative estimate of drug-likeness (QED) is 0.417. The number of ether oxygens (including phenoxy) is 3. The number of methoxy groups -OCH3 is 2. The Balaban J connectivity index is 1.76. The van der Waals surface area contributed by atoms with Gasteiger partial charge in [0.25, 0.3) is 0 Å². The Labute approximate surface area is 197 Å². The van der Waals surface area contributed by atoms with Crippen molar-refractivity contribution in [2.75, 3.05) is 14.2 Å². The highest BCUT2D eigenvalue weighted by atomic mass is 35.5. The molecule has 0 bridgehead atoms. The zero-order valence-electron chi connectivity index (χ0n) is 18.0. The molecular formula is C25H24Cl2N2O3. The monoisotopic (exact) mass is 470 g/mol. The third kappa shape index (κ3) is 4.85. The number of benzene rings is 3. The Kier molecular flexibility index (Phi) is 6.89. The van der Waals surface area contributed by atoms with Crippen molar-refractivity contribution >= 4 is 29.0 Å². The summed E-state index contributed by atoms with van der Waals surface area (Å²) in [5.41, 5.74) is 2.96. The van der Waals surface area contributed by atoms with Gasteiger partial charge in [-0.3, -0.25) is 4.99 Å². The molecule has 166 valence electrons. The number of hydrogen-bond acceptors (Lipinski definition) is 5. The van der Waals surface area contributed by atoms with Crippen LogP contribution in [0, 0.1) is 0 Å². The minimum absolute atomic E-state index is 0.0850. The molecule has 0 saturated heterocycles. The first-order chi connectivity index (χ1) is 15.5. The van der Waals surface area contributed by atoms with Crippen LogP contribution in [0.25, 0.3) is 0 Å². The van der Waals surface area contributed by atoms with Gasteiger partial charge in [0, 0.05) is 23.2 Å². The van der Waals surface area contributed by atoms with Crippen LogP contribution in [0.2, 0.25) is 10.0 Å². The van der Waals surface area contributed by atoms with E-state index in [-0.39, 0.29) is 12.1 Å². The van der Waals surface area contributed by atoms with E-state index in [0.29, 0.717) is 21.5 Å². The van der Waals surface area contributed by atoms with E-state index in [2.05, 4.69) is 5.32 Å². The molecule has 0 spiro atoms. The molecule has 4 rings (SSSR count). The molecule has 0 radical (unpaired) electrons. The second-order valence-corrected chi connectivity index (χ2v) is 8.30. The molecule has 0 saturated carbocycles. The maximum Gasteiger partial charge on any atom is 0.196 e. The third-order valence-corrected chi connectivity index (χ3v) is 5.89. The number of nitrogens with zero attached hydrogens (tertiary/aromatic N) is 1. The van der Waals surface area contributed by atoms with Crippen molar-refractivity contribution in [1.82, 2.24) is 5.32 Å². The number of rotatable bonds is 7. The summed E-state index contributed by atoms with van der Waals surface area (Å²) in [5.74, 6) is 2.04. The van der Waals surface area contributed by atoms with Gasteiger partial charge in [0.1, 0.15) is 23.4 Å². The fourth-order valence-electron chi connectivity index (χ4n) is 3.64. The van der Waals surface area contributed by atoms with Gasteiger partial charge in [0.15, 0.2) is 6.29 Å². The van der Waals surface area contributed by atoms with Crippen LogP contribution in [-0.2, 0) is 4.74 Å². The lowest BCUT2D eigenvalue weighted by molar-refractivity contribution is -0.0384. The first-order valence-corrected chi connectivity index (χ1v) is 11.0. The summed E-state index contributed by atoms with van der Waals surface area (Å²) < 4.78 is 16.7. The summed E-state index contributed by atoms with van der Waals surface area (Å²) in [7, 11) is 3.22. The Morgan fingerprint density at radius 3 is 2.09 bits per heavy atom. The van der Waals surface area contributed by atoms with Crippen molar-refractivity contribution in [2.24, 2.45) is 4.99 Å². The Bertz CT molecular complexity index is 1100. The van der Waals surface area contributed by atoms with Crippen molar-refractivity contribution < 1.29 is 14.2 Å². The third-order valence-electron chi connectivity index (χ3n) is 5.39. The largest absolute Gasteiger partial charge is 0.497 e. The Morgan fingerprint density at radius 1 is 0.875 bits per heavy atom. The second kappa shape index (κ2) is 9.82. The highest BCUT2D eigenvalue weighted by Gasteiger charge is 2.33. The van der Waals surface area contributed by atoms with Crippen LogP contribution in [0.1, 0.15) is 35.7 Å². The summed E-state index contributed by atoms with van der Waals surface area (Å²) in [6.07, 6.45) is -0.429. The topological polar surface area (TPSA) is 52.1 Å². The molecular weight excluding hydrogens is 447 g/mol. The second-order valence-electron chi connectivity index (χ2n) is 7.43. The minimum Gasteiger partial charge on any atom is -0.497 e. The lowest BCUT2D eigenvalue weighted by Gasteiger charge is -2.20. The lowest BCUT2D eigenvalue weighted by Crippen LogP contribution is -2.26. The molecule has 0 aliphatic carbocycles. The van der Waals surface area contributed by atoms with E-state index in [4.69, 9.17) is 42.4 Å². The van der Waals surface area contributed by atoms with E-state index in [1.54, 1.807) is 14.2 Å². The standard InChI is InChI=1S/C25H24Cl2N2O3/c1-15(30-2)32-22-14-20(31-3)12-13-21(22)25-28-23(16-4-8-18(26)9-5-16)24(29-25)17-6-10-19(27)11-7-17/h4-15,23-24H,1-3H3,(H,28,29)/t15?,23-,24+. The fourth-order valence-corrected chi connectivity index (χ4v) is 3.89. The lowest BCUT2D eigenvalue weighted by atomic mass is 9.95. The van der Waals surface area contributed by atoms with Crippen LogP contribution >= 0.6 is 23.2 Å². The van der Waals surface area contributed by atoms with Crippen LogP contribution in [0.5, 0.6) is 11.5 Å². The zero-order valence-corrected chi connectivity index (χ0v) is 19.5.